The van der Waals surface area contributed by atoms with Crippen LogP contribution in [0.15, 0.2) is 18.2 Å². The molecular formula is C15H24N2O. The molecule has 0 saturated heterocycles. The molecule has 1 rings (SSSR count). The van der Waals surface area contributed by atoms with Crippen LogP contribution in [-0.2, 0) is 0 Å². The van der Waals surface area contributed by atoms with E-state index < -0.39 is 0 Å². The Morgan fingerprint density at radius 2 is 1.94 bits per heavy atom. The molecule has 0 amide bonds. The summed E-state index contributed by atoms with van der Waals surface area (Å²) in [4.78, 5) is 14.1. The number of hydrogen-bond acceptors (Lipinski definition) is 3. The molecule has 18 heavy (non-hydrogen) atoms. The van der Waals surface area contributed by atoms with Crippen molar-refractivity contribution in [1.29, 1.82) is 0 Å². The summed E-state index contributed by atoms with van der Waals surface area (Å²) in [7, 11) is 4.11. The quantitative estimate of drug-likeness (QED) is 0.592. The molecule has 0 aromatic heterocycles. The van der Waals surface area contributed by atoms with Gasteiger partial charge in [0.05, 0.1) is 6.54 Å². The van der Waals surface area contributed by atoms with Crippen molar-refractivity contribution in [1.82, 2.24) is 10.2 Å². The second-order valence-corrected chi connectivity index (χ2v) is 5.06. The highest BCUT2D eigenvalue weighted by molar-refractivity contribution is 5.97. The van der Waals surface area contributed by atoms with Crippen LogP contribution in [0.4, 0.5) is 0 Å². The number of Topliss-reactive ketones (excluding diaryl/α,β-unsaturated/α-hetero) is 1. The SMILES string of the molecule is Cc1ccc(C(=O)CNCCCN(C)C)cc1C. The van der Waals surface area contributed by atoms with Gasteiger partial charge < -0.3 is 10.2 Å². The molecule has 1 aromatic rings. The van der Waals surface area contributed by atoms with E-state index in [-0.39, 0.29) is 5.78 Å². The maximum atomic E-state index is 11.9. The number of aryl methyl sites for hydroxylation is 2. The molecule has 0 unspecified atom stereocenters. The van der Waals surface area contributed by atoms with Gasteiger partial charge in [-0.05, 0) is 64.6 Å². The Labute approximate surface area is 110 Å². The fraction of sp³-hybridized carbons (Fsp3) is 0.533. The van der Waals surface area contributed by atoms with Gasteiger partial charge in [0.2, 0.25) is 0 Å². The number of nitrogens with zero attached hydrogens (tertiary/aromatic N) is 1. The minimum absolute atomic E-state index is 0.169. The molecule has 3 heteroatoms. The van der Waals surface area contributed by atoms with E-state index in [1.54, 1.807) is 0 Å². The summed E-state index contributed by atoms with van der Waals surface area (Å²) in [5, 5.41) is 3.20. The van der Waals surface area contributed by atoms with Gasteiger partial charge in [0.25, 0.3) is 0 Å². The Morgan fingerprint density at radius 3 is 2.56 bits per heavy atom. The fourth-order valence-corrected chi connectivity index (χ4v) is 1.74. The zero-order valence-corrected chi connectivity index (χ0v) is 11.9. The van der Waals surface area contributed by atoms with Crippen LogP contribution in [-0.4, -0.2) is 44.4 Å². The van der Waals surface area contributed by atoms with Crippen LogP contribution in [0.1, 0.15) is 27.9 Å². The van der Waals surface area contributed by atoms with Crippen LogP contribution in [0.5, 0.6) is 0 Å². The minimum Gasteiger partial charge on any atom is -0.310 e. The van der Waals surface area contributed by atoms with E-state index in [1.807, 2.05) is 25.1 Å². The molecule has 0 radical (unpaired) electrons. The summed E-state index contributed by atoms with van der Waals surface area (Å²) in [5.74, 6) is 0.169. The van der Waals surface area contributed by atoms with Gasteiger partial charge in [-0.25, -0.2) is 0 Å². The molecule has 0 atom stereocenters. The number of hydrogen-bond donors (Lipinski definition) is 1. The Kier molecular flexibility index (Phi) is 6.02. The number of rotatable bonds is 7. The lowest BCUT2D eigenvalue weighted by molar-refractivity contribution is 0.0991. The Balaban J connectivity index is 2.34. The average molecular weight is 248 g/mol. The molecule has 0 aliphatic carbocycles. The third-order valence-corrected chi connectivity index (χ3v) is 3.07. The van der Waals surface area contributed by atoms with Crippen LogP contribution < -0.4 is 5.32 Å². The number of carbonyl (C=O) groups is 1. The van der Waals surface area contributed by atoms with Gasteiger partial charge in [0, 0.05) is 5.56 Å². The van der Waals surface area contributed by atoms with E-state index in [4.69, 9.17) is 0 Å². The van der Waals surface area contributed by atoms with Gasteiger partial charge in [0.15, 0.2) is 5.78 Å². The monoisotopic (exact) mass is 248 g/mol. The van der Waals surface area contributed by atoms with Gasteiger partial charge in [0.1, 0.15) is 0 Å². The molecule has 0 saturated carbocycles. The van der Waals surface area contributed by atoms with Gasteiger partial charge >= 0.3 is 0 Å². The molecular weight excluding hydrogens is 224 g/mol. The maximum Gasteiger partial charge on any atom is 0.176 e. The molecule has 0 spiro atoms. The molecule has 0 aliphatic heterocycles. The summed E-state index contributed by atoms with van der Waals surface area (Å²) in [5.41, 5.74) is 3.21. The summed E-state index contributed by atoms with van der Waals surface area (Å²) in [6.45, 7) is 6.45. The van der Waals surface area contributed by atoms with Crippen LogP contribution in [0.25, 0.3) is 0 Å². The van der Waals surface area contributed by atoms with E-state index in [0.717, 1.165) is 25.1 Å². The third kappa shape index (κ3) is 4.98. The van der Waals surface area contributed by atoms with Crippen LogP contribution in [0.2, 0.25) is 0 Å². The predicted molar refractivity (Wildman–Crippen MR) is 76.3 cm³/mol. The molecule has 0 heterocycles. The lowest BCUT2D eigenvalue weighted by Gasteiger charge is -2.09. The first-order valence-electron chi connectivity index (χ1n) is 6.46. The Morgan fingerprint density at radius 1 is 1.22 bits per heavy atom. The Hall–Kier alpha value is -1.19. The van der Waals surface area contributed by atoms with Crippen LogP contribution >= 0.6 is 0 Å². The molecule has 1 aromatic carbocycles. The Bertz CT molecular complexity index is 399. The fourth-order valence-electron chi connectivity index (χ4n) is 1.74. The van der Waals surface area contributed by atoms with Crippen LogP contribution in [0, 0.1) is 13.8 Å². The van der Waals surface area contributed by atoms with Crippen molar-refractivity contribution in [3.05, 3.63) is 34.9 Å². The number of ketones is 1. The number of benzene rings is 1. The summed E-state index contributed by atoms with van der Waals surface area (Å²) in [6.07, 6.45) is 1.06. The maximum absolute atomic E-state index is 11.9. The van der Waals surface area contributed by atoms with Crippen molar-refractivity contribution in [3.8, 4) is 0 Å². The molecule has 3 nitrogen and oxygen atoms in total. The van der Waals surface area contributed by atoms with Crippen molar-refractivity contribution in [2.24, 2.45) is 0 Å². The van der Waals surface area contributed by atoms with E-state index in [1.165, 1.54) is 11.1 Å². The molecule has 0 fully saturated rings. The van der Waals surface area contributed by atoms with Crippen molar-refractivity contribution >= 4 is 5.78 Å². The van der Waals surface area contributed by atoms with Gasteiger partial charge in [-0.1, -0.05) is 12.1 Å². The molecule has 100 valence electrons. The lowest BCUT2D eigenvalue weighted by Crippen LogP contribution is -2.26. The first-order valence-corrected chi connectivity index (χ1v) is 6.46. The van der Waals surface area contributed by atoms with Gasteiger partial charge in [-0.15, -0.1) is 0 Å². The molecule has 1 N–H and O–H groups in total. The standard InChI is InChI=1S/C15H24N2O/c1-12-6-7-14(10-13(12)2)15(18)11-16-8-5-9-17(3)4/h6-7,10,16H,5,8-9,11H2,1-4H3. The smallest absolute Gasteiger partial charge is 0.176 e. The van der Waals surface area contributed by atoms with Crippen molar-refractivity contribution in [3.63, 3.8) is 0 Å². The highest BCUT2D eigenvalue weighted by atomic mass is 16.1. The highest BCUT2D eigenvalue weighted by Gasteiger charge is 2.06. The second-order valence-electron chi connectivity index (χ2n) is 5.06. The van der Waals surface area contributed by atoms with Crippen molar-refractivity contribution in [2.45, 2.75) is 20.3 Å². The lowest BCUT2D eigenvalue weighted by atomic mass is 10.0. The first kappa shape index (κ1) is 14.9. The molecule has 0 aliphatic rings. The van der Waals surface area contributed by atoms with E-state index in [2.05, 4.69) is 31.2 Å². The largest absolute Gasteiger partial charge is 0.310 e. The summed E-state index contributed by atoms with van der Waals surface area (Å²) >= 11 is 0. The third-order valence-electron chi connectivity index (χ3n) is 3.07. The first-order chi connectivity index (χ1) is 8.50. The van der Waals surface area contributed by atoms with E-state index in [9.17, 15) is 4.79 Å². The number of nitrogens with one attached hydrogen (secondary N) is 1. The van der Waals surface area contributed by atoms with Gasteiger partial charge in [-0.2, -0.15) is 0 Å². The topological polar surface area (TPSA) is 32.3 Å². The minimum atomic E-state index is 0.169. The van der Waals surface area contributed by atoms with E-state index in [0.29, 0.717) is 6.54 Å². The average Bonchev–Trinajstić information content (AvgIpc) is 2.31. The van der Waals surface area contributed by atoms with Crippen molar-refractivity contribution < 1.29 is 4.79 Å². The van der Waals surface area contributed by atoms with Gasteiger partial charge in [-0.3, -0.25) is 4.79 Å². The normalized spacial score (nSPS) is 10.9. The highest BCUT2D eigenvalue weighted by Crippen LogP contribution is 2.09. The summed E-state index contributed by atoms with van der Waals surface area (Å²) < 4.78 is 0. The van der Waals surface area contributed by atoms with Crippen molar-refractivity contribution in [2.75, 3.05) is 33.7 Å². The predicted octanol–water partition coefficient (Wildman–Crippen LogP) is 2.03. The zero-order valence-electron chi connectivity index (χ0n) is 11.9. The number of carbonyl (C=O) groups excluding carboxylic acids is 1. The van der Waals surface area contributed by atoms with Crippen LogP contribution in [0.3, 0.4) is 0 Å². The zero-order chi connectivity index (χ0) is 13.5. The van der Waals surface area contributed by atoms with E-state index >= 15 is 0 Å². The second kappa shape index (κ2) is 7.29. The molecule has 0 bridgehead atoms. The summed E-state index contributed by atoms with van der Waals surface area (Å²) in [6, 6.07) is 5.89.